The zero-order chi connectivity index (χ0) is 19.9. The molecular weight excluding hydrogens is 368 g/mol. The van der Waals surface area contributed by atoms with Crippen molar-refractivity contribution in [2.75, 3.05) is 34.3 Å². The SMILES string of the molecule is CN=C(NCc1ccc(OC)c(C)c1)NCC1CCCN(C)C1c1cccs1. The summed E-state index contributed by atoms with van der Waals surface area (Å²) < 4.78 is 5.34. The second-order valence-electron chi connectivity index (χ2n) is 7.45. The molecule has 2 N–H and O–H groups in total. The van der Waals surface area contributed by atoms with Crippen LogP contribution >= 0.6 is 11.3 Å². The highest BCUT2D eigenvalue weighted by atomic mass is 32.1. The lowest BCUT2D eigenvalue weighted by atomic mass is 9.88. The first-order valence-electron chi connectivity index (χ1n) is 9.94. The summed E-state index contributed by atoms with van der Waals surface area (Å²) in [5.41, 5.74) is 2.36. The van der Waals surface area contributed by atoms with Gasteiger partial charge in [-0.3, -0.25) is 9.89 Å². The second kappa shape index (κ2) is 9.94. The van der Waals surface area contributed by atoms with E-state index in [2.05, 4.69) is 64.1 Å². The molecular formula is C22H32N4OS. The predicted octanol–water partition coefficient (Wildman–Crippen LogP) is 3.81. The molecule has 0 amide bonds. The Hall–Kier alpha value is -2.05. The van der Waals surface area contributed by atoms with Gasteiger partial charge in [0.15, 0.2) is 5.96 Å². The second-order valence-corrected chi connectivity index (χ2v) is 8.43. The van der Waals surface area contributed by atoms with Crippen LogP contribution in [0, 0.1) is 12.8 Å². The van der Waals surface area contributed by atoms with E-state index < -0.39 is 0 Å². The van der Waals surface area contributed by atoms with Gasteiger partial charge < -0.3 is 15.4 Å². The van der Waals surface area contributed by atoms with Crippen molar-refractivity contribution in [3.63, 3.8) is 0 Å². The molecule has 0 radical (unpaired) electrons. The van der Waals surface area contributed by atoms with Crippen molar-refractivity contribution in [2.24, 2.45) is 10.9 Å². The molecule has 2 unspecified atom stereocenters. The van der Waals surface area contributed by atoms with Gasteiger partial charge in [0.05, 0.1) is 7.11 Å². The van der Waals surface area contributed by atoms with Gasteiger partial charge in [-0.05, 0) is 67.9 Å². The highest BCUT2D eigenvalue weighted by Crippen LogP contribution is 2.36. The Labute approximate surface area is 172 Å². The number of aliphatic imine (C=N–C) groups is 1. The number of aryl methyl sites for hydroxylation is 1. The van der Waals surface area contributed by atoms with E-state index >= 15 is 0 Å². The van der Waals surface area contributed by atoms with Gasteiger partial charge in [0, 0.05) is 31.1 Å². The third-order valence-electron chi connectivity index (χ3n) is 5.52. The van der Waals surface area contributed by atoms with Gasteiger partial charge in [-0.15, -0.1) is 11.3 Å². The first-order valence-corrected chi connectivity index (χ1v) is 10.8. The lowest BCUT2D eigenvalue weighted by Gasteiger charge is -2.39. The molecule has 3 rings (SSSR count). The van der Waals surface area contributed by atoms with Crippen LogP contribution in [0.4, 0.5) is 0 Å². The van der Waals surface area contributed by atoms with Gasteiger partial charge in [-0.1, -0.05) is 18.2 Å². The molecule has 2 aromatic rings. The van der Waals surface area contributed by atoms with Gasteiger partial charge in [0.2, 0.25) is 0 Å². The molecule has 1 aromatic carbocycles. The number of methoxy groups -OCH3 is 1. The molecule has 0 spiro atoms. The first-order chi connectivity index (χ1) is 13.6. The standard InChI is InChI=1S/C22H32N4OS/c1-16-13-17(9-10-19(16)27-4)14-24-22(23-2)25-15-18-7-5-11-26(3)21(18)20-8-6-12-28-20/h6,8-10,12-13,18,21H,5,7,11,14-15H2,1-4H3,(H2,23,24,25). The van der Waals surface area contributed by atoms with Crippen molar-refractivity contribution in [1.29, 1.82) is 0 Å². The van der Waals surface area contributed by atoms with Crippen LogP contribution in [0.5, 0.6) is 5.75 Å². The van der Waals surface area contributed by atoms with E-state index in [0.29, 0.717) is 12.0 Å². The Balaban J connectivity index is 1.56. The van der Waals surface area contributed by atoms with E-state index in [0.717, 1.165) is 30.4 Å². The van der Waals surface area contributed by atoms with E-state index in [9.17, 15) is 0 Å². The molecule has 1 saturated heterocycles. The van der Waals surface area contributed by atoms with Gasteiger partial charge in [0.25, 0.3) is 0 Å². The number of thiophene rings is 1. The van der Waals surface area contributed by atoms with Crippen LogP contribution in [0.1, 0.15) is 34.9 Å². The number of guanidine groups is 1. The van der Waals surface area contributed by atoms with E-state index in [1.165, 1.54) is 29.8 Å². The van der Waals surface area contributed by atoms with Crippen molar-refractivity contribution in [3.05, 3.63) is 51.7 Å². The third kappa shape index (κ3) is 5.06. The molecule has 2 atom stereocenters. The van der Waals surface area contributed by atoms with Crippen LogP contribution in [-0.4, -0.2) is 45.2 Å². The predicted molar refractivity (Wildman–Crippen MR) is 118 cm³/mol. The van der Waals surface area contributed by atoms with Gasteiger partial charge in [-0.25, -0.2) is 0 Å². The van der Waals surface area contributed by atoms with Crippen LogP contribution in [0.25, 0.3) is 0 Å². The lowest BCUT2D eigenvalue weighted by Crippen LogP contribution is -2.44. The van der Waals surface area contributed by atoms with Crippen LogP contribution < -0.4 is 15.4 Å². The topological polar surface area (TPSA) is 48.9 Å². The molecule has 1 fully saturated rings. The molecule has 0 bridgehead atoms. The largest absolute Gasteiger partial charge is 0.496 e. The van der Waals surface area contributed by atoms with Gasteiger partial charge >= 0.3 is 0 Å². The molecule has 1 aromatic heterocycles. The number of nitrogens with one attached hydrogen (secondary N) is 2. The number of hydrogen-bond acceptors (Lipinski definition) is 4. The van der Waals surface area contributed by atoms with Crippen molar-refractivity contribution < 1.29 is 4.74 Å². The Bertz CT molecular complexity index is 775. The first kappa shape index (κ1) is 20.7. The number of likely N-dealkylation sites (tertiary alicyclic amines) is 1. The molecule has 0 aliphatic carbocycles. The Morgan fingerprint density at radius 3 is 2.86 bits per heavy atom. The van der Waals surface area contributed by atoms with Crippen LogP contribution in [0.3, 0.4) is 0 Å². The highest BCUT2D eigenvalue weighted by molar-refractivity contribution is 7.10. The minimum Gasteiger partial charge on any atom is -0.496 e. The summed E-state index contributed by atoms with van der Waals surface area (Å²) in [6, 6.07) is 11.2. The summed E-state index contributed by atoms with van der Waals surface area (Å²) in [5.74, 6) is 2.36. The average Bonchev–Trinajstić information content (AvgIpc) is 3.22. The van der Waals surface area contributed by atoms with Crippen molar-refractivity contribution in [2.45, 2.75) is 32.4 Å². The molecule has 5 nitrogen and oxygen atoms in total. The van der Waals surface area contributed by atoms with Crippen molar-refractivity contribution in [3.8, 4) is 5.75 Å². The summed E-state index contributed by atoms with van der Waals surface area (Å²) in [5, 5.41) is 9.17. The van der Waals surface area contributed by atoms with E-state index in [1.807, 2.05) is 24.5 Å². The minimum atomic E-state index is 0.489. The number of rotatable bonds is 6. The van der Waals surface area contributed by atoms with Gasteiger partial charge in [-0.2, -0.15) is 0 Å². The van der Waals surface area contributed by atoms with Gasteiger partial charge in [0.1, 0.15) is 5.75 Å². The minimum absolute atomic E-state index is 0.489. The summed E-state index contributed by atoms with van der Waals surface area (Å²) >= 11 is 1.86. The maximum atomic E-state index is 5.34. The molecule has 6 heteroatoms. The lowest BCUT2D eigenvalue weighted by molar-refractivity contribution is 0.125. The van der Waals surface area contributed by atoms with Crippen LogP contribution in [-0.2, 0) is 6.54 Å². The van der Waals surface area contributed by atoms with Crippen LogP contribution in [0.2, 0.25) is 0 Å². The smallest absolute Gasteiger partial charge is 0.191 e. The van der Waals surface area contributed by atoms with Crippen LogP contribution in [0.15, 0.2) is 40.7 Å². The maximum Gasteiger partial charge on any atom is 0.191 e. The fourth-order valence-corrected chi connectivity index (χ4v) is 5.05. The number of hydrogen-bond donors (Lipinski definition) is 2. The zero-order valence-corrected chi connectivity index (χ0v) is 18.2. The fraction of sp³-hybridized carbons (Fsp3) is 0.500. The van der Waals surface area contributed by atoms with E-state index in [-0.39, 0.29) is 0 Å². The molecule has 152 valence electrons. The third-order valence-corrected chi connectivity index (χ3v) is 6.46. The summed E-state index contributed by atoms with van der Waals surface area (Å²) in [4.78, 5) is 8.37. The quantitative estimate of drug-likeness (QED) is 0.572. The average molecular weight is 401 g/mol. The zero-order valence-electron chi connectivity index (χ0n) is 17.4. The number of benzene rings is 1. The van der Waals surface area contributed by atoms with Crippen molar-refractivity contribution in [1.82, 2.24) is 15.5 Å². The molecule has 1 aliphatic rings. The molecule has 1 aliphatic heterocycles. The molecule has 0 saturated carbocycles. The molecule has 28 heavy (non-hydrogen) atoms. The Morgan fingerprint density at radius 2 is 2.18 bits per heavy atom. The number of piperidine rings is 1. The summed E-state index contributed by atoms with van der Waals surface area (Å²) in [6.07, 6.45) is 2.50. The summed E-state index contributed by atoms with van der Waals surface area (Å²) in [6.45, 7) is 4.90. The fourth-order valence-electron chi connectivity index (χ4n) is 4.07. The highest BCUT2D eigenvalue weighted by Gasteiger charge is 2.31. The Kier molecular flexibility index (Phi) is 7.34. The van der Waals surface area contributed by atoms with Crippen molar-refractivity contribution >= 4 is 17.3 Å². The Morgan fingerprint density at radius 1 is 1.32 bits per heavy atom. The van der Waals surface area contributed by atoms with E-state index in [4.69, 9.17) is 4.74 Å². The molecule has 2 heterocycles. The monoisotopic (exact) mass is 400 g/mol. The normalized spacial score (nSPS) is 20.8. The van der Waals surface area contributed by atoms with E-state index in [1.54, 1.807) is 7.11 Å². The maximum absolute atomic E-state index is 5.34. The summed E-state index contributed by atoms with van der Waals surface area (Å²) in [7, 11) is 5.78. The number of ether oxygens (including phenoxy) is 1. The number of nitrogens with zero attached hydrogens (tertiary/aromatic N) is 2.